The van der Waals surface area contributed by atoms with Gasteiger partial charge in [0, 0.05) is 0 Å². The minimum absolute atomic E-state index is 0.520. The molecule has 0 atom stereocenters. The van der Waals surface area contributed by atoms with E-state index in [4.69, 9.17) is 4.74 Å². The van der Waals surface area contributed by atoms with Gasteiger partial charge in [0.1, 0.15) is 0 Å². The average Bonchev–Trinajstić information content (AvgIpc) is 3.08. The minimum atomic E-state index is 0.520. The predicted octanol–water partition coefficient (Wildman–Crippen LogP) is 17.4. The normalized spacial score (nSPS) is 11.9. The van der Waals surface area contributed by atoms with Crippen molar-refractivity contribution in [2.75, 3.05) is 0 Å². The maximum absolute atomic E-state index is 7.14. The van der Waals surface area contributed by atoms with E-state index in [1.807, 2.05) is 0 Å². The zero-order valence-corrected chi connectivity index (χ0v) is 33.8. The second-order valence-corrected chi connectivity index (χ2v) is 15.8. The Morgan fingerprint density at radius 3 is 0.532 bits per heavy atom. The Kier molecular flexibility index (Phi) is 42.1. The molecule has 0 unspecified atom stereocenters. The number of hydrogen-bond acceptors (Lipinski definition) is 1. The standard InChI is InChI=1S/C46H94O/c1-5-9-13-17-21-25-29-33-37-41-45(42-38-34-30-26-22-18-14-10-6-2)47-46(43-39-35-31-27-23-19-15-11-7-3)44-40-36-32-28-24-20-16-12-8-4/h45-46H,5-44H2,1-4H3. The van der Waals surface area contributed by atoms with Gasteiger partial charge < -0.3 is 4.74 Å². The van der Waals surface area contributed by atoms with Crippen LogP contribution in [0.25, 0.3) is 0 Å². The van der Waals surface area contributed by atoms with Crippen molar-refractivity contribution in [1.29, 1.82) is 0 Å². The molecule has 0 saturated heterocycles. The summed E-state index contributed by atoms with van der Waals surface area (Å²) in [6.07, 6.45) is 57.7. The molecule has 47 heavy (non-hydrogen) atoms. The van der Waals surface area contributed by atoms with Gasteiger partial charge >= 0.3 is 0 Å². The lowest BCUT2D eigenvalue weighted by Gasteiger charge is -2.26. The van der Waals surface area contributed by atoms with Crippen LogP contribution in [-0.2, 0) is 4.74 Å². The van der Waals surface area contributed by atoms with Gasteiger partial charge in [-0.25, -0.2) is 0 Å². The SMILES string of the molecule is CCCCCCCCCCCC(CCCCCCCCCCC)OC(CCCCCCCCCCC)CCCCCCCCCCC. The van der Waals surface area contributed by atoms with E-state index in [1.54, 1.807) is 0 Å². The maximum atomic E-state index is 7.14. The number of ether oxygens (including phenoxy) is 1. The first kappa shape index (κ1) is 47.0. The van der Waals surface area contributed by atoms with Gasteiger partial charge in [-0.05, 0) is 25.7 Å². The van der Waals surface area contributed by atoms with Crippen molar-refractivity contribution in [3.05, 3.63) is 0 Å². The van der Waals surface area contributed by atoms with E-state index < -0.39 is 0 Å². The maximum Gasteiger partial charge on any atom is 0.0578 e. The average molecular weight is 663 g/mol. The molecule has 0 rings (SSSR count). The molecule has 0 aromatic heterocycles. The van der Waals surface area contributed by atoms with E-state index in [2.05, 4.69) is 27.7 Å². The van der Waals surface area contributed by atoms with Crippen LogP contribution >= 0.6 is 0 Å². The molecule has 0 aliphatic rings. The quantitative estimate of drug-likeness (QED) is 0.0591. The van der Waals surface area contributed by atoms with E-state index in [-0.39, 0.29) is 0 Å². The third-order valence-corrected chi connectivity index (χ3v) is 10.9. The molecule has 0 aliphatic heterocycles. The topological polar surface area (TPSA) is 9.23 Å². The van der Waals surface area contributed by atoms with Gasteiger partial charge in [-0.1, -0.05) is 259 Å². The molecule has 1 heteroatoms. The van der Waals surface area contributed by atoms with Crippen LogP contribution in [0.3, 0.4) is 0 Å². The first-order chi connectivity index (χ1) is 23.3. The van der Waals surface area contributed by atoms with Crippen LogP contribution in [-0.4, -0.2) is 12.2 Å². The van der Waals surface area contributed by atoms with Crippen molar-refractivity contribution in [2.24, 2.45) is 0 Å². The van der Waals surface area contributed by atoms with Crippen molar-refractivity contribution in [3.8, 4) is 0 Å². The third-order valence-electron chi connectivity index (χ3n) is 10.9. The Labute approximate surface area is 300 Å². The molecular formula is C46H94O. The van der Waals surface area contributed by atoms with Gasteiger partial charge in [0.05, 0.1) is 12.2 Å². The highest BCUT2D eigenvalue weighted by atomic mass is 16.5. The summed E-state index contributed by atoms with van der Waals surface area (Å²) in [4.78, 5) is 0. The van der Waals surface area contributed by atoms with E-state index >= 15 is 0 Å². The Hall–Kier alpha value is -0.0400. The highest BCUT2D eigenvalue weighted by Crippen LogP contribution is 2.24. The molecule has 0 radical (unpaired) electrons. The summed E-state index contributed by atoms with van der Waals surface area (Å²) in [6, 6.07) is 0. The summed E-state index contributed by atoms with van der Waals surface area (Å²) in [5, 5.41) is 0. The van der Waals surface area contributed by atoms with Gasteiger partial charge in [-0.15, -0.1) is 0 Å². The molecule has 0 aromatic carbocycles. The number of rotatable bonds is 42. The molecule has 0 bridgehead atoms. The molecule has 0 saturated carbocycles. The first-order valence-electron chi connectivity index (χ1n) is 22.9. The smallest absolute Gasteiger partial charge is 0.0578 e. The zero-order valence-electron chi connectivity index (χ0n) is 33.8. The third kappa shape index (κ3) is 38.6. The lowest BCUT2D eigenvalue weighted by Crippen LogP contribution is -2.23. The van der Waals surface area contributed by atoms with Gasteiger partial charge in [0.2, 0.25) is 0 Å². The van der Waals surface area contributed by atoms with Gasteiger partial charge in [-0.2, -0.15) is 0 Å². The molecule has 0 spiro atoms. The fraction of sp³-hybridized carbons (Fsp3) is 1.00. The van der Waals surface area contributed by atoms with E-state index in [9.17, 15) is 0 Å². The zero-order chi connectivity index (χ0) is 34.1. The summed E-state index contributed by atoms with van der Waals surface area (Å²) < 4.78 is 7.14. The highest BCUT2D eigenvalue weighted by Gasteiger charge is 2.17. The Balaban J connectivity index is 4.72. The fourth-order valence-electron chi connectivity index (χ4n) is 7.56. The molecule has 0 aliphatic carbocycles. The van der Waals surface area contributed by atoms with Crippen LogP contribution < -0.4 is 0 Å². The van der Waals surface area contributed by atoms with Crippen molar-refractivity contribution >= 4 is 0 Å². The lowest BCUT2D eigenvalue weighted by atomic mass is 9.99. The monoisotopic (exact) mass is 663 g/mol. The van der Waals surface area contributed by atoms with E-state index in [1.165, 1.54) is 257 Å². The highest BCUT2D eigenvalue weighted by molar-refractivity contribution is 4.67. The first-order valence-corrected chi connectivity index (χ1v) is 22.9. The Morgan fingerprint density at radius 2 is 0.362 bits per heavy atom. The van der Waals surface area contributed by atoms with E-state index in [0.717, 1.165) is 0 Å². The van der Waals surface area contributed by atoms with Crippen LogP contribution in [0.4, 0.5) is 0 Å². The number of hydrogen-bond donors (Lipinski definition) is 0. The Morgan fingerprint density at radius 1 is 0.213 bits per heavy atom. The van der Waals surface area contributed by atoms with Crippen LogP contribution in [0.1, 0.15) is 285 Å². The van der Waals surface area contributed by atoms with Crippen LogP contribution in [0.2, 0.25) is 0 Å². The van der Waals surface area contributed by atoms with Gasteiger partial charge in [-0.3, -0.25) is 0 Å². The molecule has 0 amide bonds. The van der Waals surface area contributed by atoms with Crippen LogP contribution in [0.5, 0.6) is 0 Å². The van der Waals surface area contributed by atoms with Crippen molar-refractivity contribution in [3.63, 3.8) is 0 Å². The molecule has 284 valence electrons. The summed E-state index contributed by atoms with van der Waals surface area (Å²) in [5.41, 5.74) is 0. The van der Waals surface area contributed by atoms with Crippen LogP contribution in [0, 0.1) is 0 Å². The molecule has 0 aromatic rings. The summed E-state index contributed by atoms with van der Waals surface area (Å²) in [6.45, 7) is 9.30. The molecular weight excluding hydrogens is 569 g/mol. The second-order valence-electron chi connectivity index (χ2n) is 15.8. The summed E-state index contributed by atoms with van der Waals surface area (Å²) in [7, 11) is 0. The second kappa shape index (κ2) is 42.1. The lowest BCUT2D eigenvalue weighted by molar-refractivity contribution is -0.0324. The van der Waals surface area contributed by atoms with Gasteiger partial charge in [0.15, 0.2) is 0 Å². The molecule has 0 fully saturated rings. The summed E-state index contributed by atoms with van der Waals surface area (Å²) >= 11 is 0. The van der Waals surface area contributed by atoms with Crippen molar-refractivity contribution in [2.45, 2.75) is 297 Å². The van der Waals surface area contributed by atoms with E-state index in [0.29, 0.717) is 12.2 Å². The number of unbranched alkanes of at least 4 members (excludes halogenated alkanes) is 32. The largest absolute Gasteiger partial charge is 0.375 e. The predicted molar refractivity (Wildman–Crippen MR) is 216 cm³/mol. The van der Waals surface area contributed by atoms with Crippen LogP contribution in [0.15, 0.2) is 0 Å². The molecule has 0 heterocycles. The Bertz CT molecular complexity index is 439. The van der Waals surface area contributed by atoms with Gasteiger partial charge in [0.25, 0.3) is 0 Å². The molecule has 1 nitrogen and oxygen atoms in total. The van der Waals surface area contributed by atoms with Crippen molar-refractivity contribution in [1.82, 2.24) is 0 Å². The molecule has 0 N–H and O–H groups in total. The minimum Gasteiger partial charge on any atom is -0.375 e. The summed E-state index contributed by atoms with van der Waals surface area (Å²) in [5.74, 6) is 0. The fourth-order valence-corrected chi connectivity index (χ4v) is 7.56. The van der Waals surface area contributed by atoms with Crippen molar-refractivity contribution < 1.29 is 4.74 Å².